The Morgan fingerprint density at radius 3 is 2.53 bits per heavy atom. The summed E-state index contributed by atoms with van der Waals surface area (Å²) >= 11 is 0. The predicted molar refractivity (Wildman–Crippen MR) is 75.0 cm³/mol. The summed E-state index contributed by atoms with van der Waals surface area (Å²) in [6, 6.07) is -0.290. The summed E-state index contributed by atoms with van der Waals surface area (Å²) in [4.78, 5) is 27.4. The fraction of sp³-hybridized carbons (Fsp3) is 0.846. The van der Waals surface area contributed by atoms with Crippen molar-refractivity contribution < 1.29 is 9.59 Å². The van der Waals surface area contributed by atoms with Gasteiger partial charge in [-0.05, 0) is 34.9 Å². The molecule has 2 N–H and O–H groups in total. The normalized spacial score (nSPS) is 20.0. The van der Waals surface area contributed by atoms with Gasteiger partial charge in [-0.2, -0.15) is 0 Å². The zero-order valence-corrected chi connectivity index (χ0v) is 12.6. The van der Waals surface area contributed by atoms with Crippen LogP contribution in [0.25, 0.3) is 0 Å². The highest BCUT2D eigenvalue weighted by Crippen LogP contribution is 2.21. The third kappa shape index (κ3) is 5.06. The van der Waals surface area contributed by atoms with Gasteiger partial charge in [-0.25, -0.2) is 4.79 Å². The van der Waals surface area contributed by atoms with Crippen LogP contribution in [0.4, 0.5) is 4.79 Å². The second kappa shape index (κ2) is 6.23. The molecule has 110 valence electrons. The number of nitrogens with one attached hydrogen (secondary N) is 2. The summed E-state index contributed by atoms with van der Waals surface area (Å²) in [5, 5.41) is 5.64. The van der Waals surface area contributed by atoms with Crippen molar-refractivity contribution in [1.29, 1.82) is 0 Å². The summed E-state index contributed by atoms with van der Waals surface area (Å²) in [5.41, 5.74) is -0.186. The van der Waals surface area contributed by atoms with Gasteiger partial charge in [0.15, 0.2) is 0 Å². The zero-order valence-electron chi connectivity index (χ0n) is 12.6. The van der Waals surface area contributed by atoms with Crippen molar-refractivity contribution in [3.05, 3.63) is 0 Å². The molecule has 0 spiro atoms. The van der Waals surface area contributed by atoms with E-state index < -0.39 is 0 Å². The first-order valence-electron chi connectivity index (χ1n) is 6.69. The molecule has 6 heteroatoms. The fourth-order valence-corrected chi connectivity index (χ4v) is 2.08. The van der Waals surface area contributed by atoms with Crippen LogP contribution in [0.5, 0.6) is 0 Å². The van der Waals surface area contributed by atoms with Crippen molar-refractivity contribution in [2.75, 3.05) is 33.7 Å². The first-order valence-corrected chi connectivity index (χ1v) is 6.69. The lowest BCUT2D eigenvalue weighted by molar-refractivity contribution is -0.131. The van der Waals surface area contributed by atoms with E-state index in [1.54, 1.807) is 0 Å². The molecule has 1 saturated heterocycles. The highest BCUT2D eigenvalue weighted by molar-refractivity contribution is 5.82. The highest BCUT2D eigenvalue weighted by atomic mass is 16.2. The van der Waals surface area contributed by atoms with Gasteiger partial charge in [0.05, 0.1) is 6.04 Å². The summed E-state index contributed by atoms with van der Waals surface area (Å²) in [5.74, 6) is 0.103. The summed E-state index contributed by atoms with van der Waals surface area (Å²) in [6.45, 7) is 8.00. The SMILES string of the molecule is CN(C)CCNC(=O)NC1CC(=O)N(C(C)(C)C)C1. The molecule has 1 rings (SSSR count). The van der Waals surface area contributed by atoms with Gasteiger partial charge in [-0.15, -0.1) is 0 Å². The quantitative estimate of drug-likeness (QED) is 0.769. The van der Waals surface area contributed by atoms with E-state index in [4.69, 9.17) is 0 Å². The third-order valence-corrected chi connectivity index (χ3v) is 3.11. The molecule has 0 aromatic carbocycles. The summed E-state index contributed by atoms with van der Waals surface area (Å²) in [7, 11) is 3.91. The Bertz CT molecular complexity index is 336. The van der Waals surface area contributed by atoms with Crippen LogP contribution in [-0.4, -0.2) is 67.0 Å². The van der Waals surface area contributed by atoms with Gasteiger partial charge >= 0.3 is 6.03 Å². The van der Waals surface area contributed by atoms with Gasteiger partial charge in [0.1, 0.15) is 0 Å². The molecule has 0 radical (unpaired) electrons. The standard InChI is InChI=1S/C13H26N4O2/c1-13(2,3)17-9-10(8-11(17)18)15-12(19)14-6-7-16(4)5/h10H,6-9H2,1-5H3,(H2,14,15,19). The van der Waals surface area contributed by atoms with Gasteiger partial charge in [0, 0.05) is 31.6 Å². The second-order valence-corrected chi connectivity index (χ2v) is 6.28. The molecule has 1 aliphatic rings. The van der Waals surface area contributed by atoms with E-state index in [2.05, 4.69) is 10.6 Å². The van der Waals surface area contributed by atoms with Crippen molar-refractivity contribution in [1.82, 2.24) is 20.4 Å². The van der Waals surface area contributed by atoms with Gasteiger partial charge in [0.2, 0.25) is 5.91 Å². The number of nitrogens with zero attached hydrogens (tertiary/aromatic N) is 2. The number of carbonyl (C=O) groups is 2. The average Bonchev–Trinajstić information content (AvgIpc) is 2.58. The number of likely N-dealkylation sites (tertiary alicyclic amines) is 1. The average molecular weight is 270 g/mol. The van der Waals surface area contributed by atoms with Crippen LogP contribution < -0.4 is 10.6 Å². The third-order valence-electron chi connectivity index (χ3n) is 3.11. The van der Waals surface area contributed by atoms with Gasteiger partial charge in [-0.3, -0.25) is 4.79 Å². The molecule has 0 aromatic rings. The number of rotatable bonds is 4. The van der Waals surface area contributed by atoms with E-state index in [0.717, 1.165) is 6.54 Å². The molecule has 0 bridgehead atoms. The van der Waals surface area contributed by atoms with Crippen LogP contribution in [-0.2, 0) is 4.79 Å². The van der Waals surface area contributed by atoms with Crippen molar-refractivity contribution in [2.24, 2.45) is 0 Å². The molecule has 1 unspecified atom stereocenters. The van der Waals surface area contributed by atoms with E-state index in [1.807, 2.05) is 44.7 Å². The largest absolute Gasteiger partial charge is 0.337 e. The molecule has 19 heavy (non-hydrogen) atoms. The number of likely N-dealkylation sites (N-methyl/N-ethyl adjacent to an activating group) is 1. The lowest BCUT2D eigenvalue weighted by Crippen LogP contribution is -2.47. The van der Waals surface area contributed by atoms with E-state index >= 15 is 0 Å². The lowest BCUT2D eigenvalue weighted by atomic mass is 10.1. The van der Waals surface area contributed by atoms with Crippen LogP contribution in [0, 0.1) is 0 Å². The first-order chi connectivity index (χ1) is 8.70. The molecule has 0 aliphatic carbocycles. The topological polar surface area (TPSA) is 64.7 Å². The minimum absolute atomic E-state index is 0.0916. The first kappa shape index (κ1) is 15.8. The van der Waals surface area contributed by atoms with Crippen LogP contribution in [0.2, 0.25) is 0 Å². The Balaban J connectivity index is 2.35. The van der Waals surface area contributed by atoms with Crippen molar-refractivity contribution in [2.45, 2.75) is 38.8 Å². The Labute approximate surface area is 115 Å². The van der Waals surface area contributed by atoms with E-state index in [-0.39, 0.29) is 23.5 Å². The molecular weight excluding hydrogens is 244 g/mol. The molecule has 1 heterocycles. The van der Waals surface area contributed by atoms with Crippen LogP contribution in [0.15, 0.2) is 0 Å². The fourth-order valence-electron chi connectivity index (χ4n) is 2.08. The minimum Gasteiger partial charge on any atom is -0.337 e. The molecule has 0 saturated carbocycles. The Morgan fingerprint density at radius 2 is 2.05 bits per heavy atom. The van der Waals surface area contributed by atoms with Crippen LogP contribution in [0.3, 0.4) is 0 Å². The van der Waals surface area contributed by atoms with E-state index in [0.29, 0.717) is 19.5 Å². The van der Waals surface area contributed by atoms with E-state index in [1.165, 1.54) is 0 Å². The van der Waals surface area contributed by atoms with Crippen molar-refractivity contribution in [3.8, 4) is 0 Å². The Morgan fingerprint density at radius 1 is 1.42 bits per heavy atom. The molecule has 0 aromatic heterocycles. The van der Waals surface area contributed by atoms with Crippen molar-refractivity contribution >= 4 is 11.9 Å². The number of hydrogen-bond donors (Lipinski definition) is 2. The molecule has 1 fully saturated rings. The molecule has 1 aliphatic heterocycles. The number of amides is 3. The number of urea groups is 1. The molecular formula is C13H26N4O2. The van der Waals surface area contributed by atoms with Gasteiger partial charge in [-0.1, -0.05) is 0 Å². The van der Waals surface area contributed by atoms with E-state index in [9.17, 15) is 9.59 Å². The highest BCUT2D eigenvalue weighted by Gasteiger charge is 2.36. The number of carbonyl (C=O) groups excluding carboxylic acids is 2. The maximum atomic E-state index is 11.9. The summed E-state index contributed by atoms with van der Waals surface area (Å²) < 4.78 is 0. The maximum absolute atomic E-state index is 11.9. The maximum Gasteiger partial charge on any atom is 0.315 e. The van der Waals surface area contributed by atoms with Gasteiger partial charge in [0.25, 0.3) is 0 Å². The molecule has 3 amide bonds. The smallest absolute Gasteiger partial charge is 0.315 e. The monoisotopic (exact) mass is 270 g/mol. The minimum atomic E-state index is -0.199. The zero-order chi connectivity index (χ0) is 14.6. The second-order valence-electron chi connectivity index (χ2n) is 6.28. The Hall–Kier alpha value is -1.30. The van der Waals surface area contributed by atoms with Gasteiger partial charge < -0.3 is 20.4 Å². The van der Waals surface area contributed by atoms with Crippen LogP contribution in [0.1, 0.15) is 27.2 Å². The molecule has 1 atom stereocenters. The molecule has 6 nitrogen and oxygen atoms in total. The number of hydrogen-bond acceptors (Lipinski definition) is 3. The predicted octanol–water partition coefficient (Wildman–Crippen LogP) is 0.247. The lowest BCUT2D eigenvalue weighted by Gasteiger charge is -2.32. The van der Waals surface area contributed by atoms with Crippen molar-refractivity contribution in [3.63, 3.8) is 0 Å². The summed E-state index contributed by atoms with van der Waals surface area (Å²) in [6.07, 6.45) is 0.387. The Kier molecular flexibility index (Phi) is 5.17. The van der Waals surface area contributed by atoms with Crippen LogP contribution >= 0.6 is 0 Å².